The Bertz CT molecular complexity index is 1560. The summed E-state index contributed by atoms with van der Waals surface area (Å²) in [4.78, 5) is -0.518. The Hall–Kier alpha value is -2.75. The second-order valence-corrected chi connectivity index (χ2v) is 11.6. The Kier molecular flexibility index (Phi) is 8.30. The summed E-state index contributed by atoms with van der Waals surface area (Å²) in [5, 5.41) is 10.8. The van der Waals surface area contributed by atoms with E-state index < -0.39 is 32.4 Å². The number of nitrogens with zero attached hydrogens (tertiary/aromatic N) is 1. The summed E-state index contributed by atoms with van der Waals surface area (Å²) in [6, 6.07) is 20.7. The molecule has 0 bridgehead atoms. The SMILES string of the molecule is O=S(=O)(c1cc(Cl)cc(Cl)c1O)N(Cc1ccc(C(F)(F)F)cc1)Cc1cccc(-c2ccc(Cl)cc2)c1. The third-order valence-corrected chi connectivity index (χ3v) is 8.28. The first-order chi connectivity index (χ1) is 17.8. The van der Waals surface area contributed by atoms with Crippen LogP contribution in [0.5, 0.6) is 5.75 Å². The number of alkyl halides is 3. The molecule has 0 aromatic heterocycles. The third-order valence-electron chi connectivity index (χ3n) is 5.71. The average molecular weight is 601 g/mol. The summed E-state index contributed by atoms with van der Waals surface area (Å²) >= 11 is 18.0. The molecule has 0 atom stereocenters. The first-order valence-corrected chi connectivity index (χ1v) is 13.6. The Labute approximate surface area is 232 Å². The monoisotopic (exact) mass is 599 g/mol. The van der Waals surface area contributed by atoms with Gasteiger partial charge in [-0.2, -0.15) is 17.5 Å². The minimum Gasteiger partial charge on any atom is -0.505 e. The molecule has 0 unspecified atom stereocenters. The number of halogens is 6. The van der Waals surface area contributed by atoms with Crippen molar-refractivity contribution in [3.63, 3.8) is 0 Å². The van der Waals surface area contributed by atoms with Gasteiger partial charge in [0.1, 0.15) is 4.90 Å². The zero-order valence-electron chi connectivity index (χ0n) is 19.4. The van der Waals surface area contributed by atoms with Crippen molar-refractivity contribution in [2.75, 3.05) is 0 Å². The van der Waals surface area contributed by atoms with Gasteiger partial charge in [-0.05, 0) is 64.7 Å². The van der Waals surface area contributed by atoms with Gasteiger partial charge in [-0.25, -0.2) is 8.42 Å². The van der Waals surface area contributed by atoms with E-state index in [-0.39, 0.29) is 23.1 Å². The van der Waals surface area contributed by atoms with Gasteiger partial charge in [0, 0.05) is 23.1 Å². The van der Waals surface area contributed by atoms with Crippen molar-refractivity contribution in [1.29, 1.82) is 0 Å². The number of phenols is 1. The summed E-state index contributed by atoms with van der Waals surface area (Å²) < 4.78 is 67.6. The van der Waals surface area contributed by atoms with Crippen LogP contribution in [0.1, 0.15) is 16.7 Å². The number of sulfonamides is 1. The predicted molar refractivity (Wildman–Crippen MR) is 143 cm³/mol. The zero-order valence-corrected chi connectivity index (χ0v) is 22.5. The number of phenolic OH excluding ortho intramolecular Hbond substituents is 1. The van der Waals surface area contributed by atoms with E-state index in [1.165, 1.54) is 18.2 Å². The van der Waals surface area contributed by atoms with Crippen LogP contribution in [-0.4, -0.2) is 17.8 Å². The van der Waals surface area contributed by atoms with Crippen molar-refractivity contribution in [1.82, 2.24) is 4.31 Å². The van der Waals surface area contributed by atoms with E-state index in [0.717, 1.165) is 33.6 Å². The highest BCUT2D eigenvalue weighted by atomic mass is 35.5. The Balaban J connectivity index is 1.74. The van der Waals surface area contributed by atoms with Crippen LogP contribution in [0.15, 0.2) is 89.8 Å². The van der Waals surface area contributed by atoms with Gasteiger partial charge < -0.3 is 5.11 Å². The number of rotatable bonds is 7. The van der Waals surface area contributed by atoms with Gasteiger partial charge in [0.2, 0.25) is 10.0 Å². The Morgan fingerprint density at radius 3 is 2.00 bits per heavy atom. The lowest BCUT2D eigenvalue weighted by molar-refractivity contribution is -0.137. The van der Waals surface area contributed by atoms with E-state index in [9.17, 15) is 26.7 Å². The lowest BCUT2D eigenvalue weighted by Gasteiger charge is -2.24. The van der Waals surface area contributed by atoms with Crippen LogP contribution in [0.4, 0.5) is 13.2 Å². The second-order valence-electron chi connectivity index (χ2n) is 8.41. The normalized spacial score (nSPS) is 12.2. The van der Waals surface area contributed by atoms with Crippen molar-refractivity contribution in [3.8, 4) is 16.9 Å². The molecule has 0 fully saturated rings. The molecule has 0 saturated heterocycles. The molecular weight excluding hydrogens is 582 g/mol. The quantitative estimate of drug-likeness (QED) is 0.232. The Morgan fingerprint density at radius 1 is 0.737 bits per heavy atom. The van der Waals surface area contributed by atoms with E-state index >= 15 is 0 Å². The van der Waals surface area contributed by atoms with Gasteiger partial charge in [0.15, 0.2) is 5.75 Å². The summed E-state index contributed by atoms with van der Waals surface area (Å²) in [5.41, 5.74) is 1.71. The van der Waals surface area contributed by atoms with Gasteiger partial charge >= 0.3 is 6.18 Å². The van der Waals surface area contributed by atoms with Gasteiger partial charge in [-0.15, -0.1) is 0 Å². The number of benzene rings is 4. The smallest absolute Gasteiger partial charge is 0.416 e. The fourth-order valence-corrected chi connectivity index (χ4v) is 6.09. The number of hydrogen-bond acceptors (Lipinski definition) is 3. The minimum atomic E-state index is -4.53. The molecule has 0 radical (unpaired) electrons. The van der Waals surface area contributed by atoms with Crippen LogP contribution >= 0.6 is 34.8 Å². The highest BCUT2D eigenvalue weighted by molar-refractivity contribution is 7.89. The van der Waals surface area contributed by atoms with Gasteiger partial charge in [0.25, 0.3) is 0 Å². The van der Waals surface area contributed by atoms with Crippen molar-refractivity contribution in [2.24, 2.45) is 0 Å². The molecule has 38 heavy (non-hydrogen) atoms. The van der Waals surface area contributed by atoms with E-state index in [1.807, 2.05) is 18.2 Å². The van der Waals surface area contributed by atoms with E-state index in [0.29, 0.717) is 16.1 Å². The van der Waals surface area contributed by atoms with Crippen LogP contribution in [0.2, 0.25) is 15.1 Å². The molecule has 0 saturated carbocycles. The third kappa shape index (κ3) is 6.45. The summed E-state index contributed by atoms with van der Waals surface area (Å²) in [6.45, 7) is -0.441. The first-order valence-electron chi connectivity index (χ1n) is 11.0. The largest absolute Gasteiger partial charge is 0.505 e. The summed E-state index contributed by atoms with van der Waals surface area (Å²) in [5.74, 6) is -0.677. The van der Waals surface area contributed by atoms with E-state index in [4.69, 9.17) is 34.8 Å². The molecule has 0 amide bonds. The second kappa shape index (κ2) is 11.2. The maximum atomic E-state index is 13.7. The van der Waals surface area contributed by atoms with Crippen LogP contribution in [0.25, 0.3) is 11.1 Å². The standard InChI is InChI=1S/C27H19Cl3F3NO3S/c28-22-10-6-19(7-11-22)20-3-1-2-18(12-20)16-34(15-17-4-8-21(9-5-17)27(31,32)33)38(36,37)25-14-23(29)13-24(30)26(25)35/h1-14,35H,15-16H2. The van der Waals surface area contributed by atoms with Gasteiger partial charge in [0.05, 0.1) is 10.6 Å². The lowest BCUT2D eigenvalue weighted by atomic mass is 10.0. The molecule has 1 N–H and O–H groups in total. The zero-order chi connectivity index (χ0) is 27.7. The summed E-state index contributed by atoms with van der Waals surface area (Å²) in [7, 11) is -4.42. The molecule has 198 valence electrons. The number of aromatic hydroxyl groups is 1. The van der Waals surface area contributed by atoms with Crippen LogP contribution in [0.3, 0.4) is 0 Å². The van der Waals surface area contributed by atoms with Crippen molar-refractivity contribution >= 4 is 44.8 Å². The van der Waals surface area contributed by atoms with Gasteiger partial charge in [-0.1, -0.05) is 77.3 Å². The topological polar surface area (TPSA) is 57.6 Å². The van der Waals surface area contributed by atoms with Crippen LogP contribution < -0.4 is 0 Å². The fraction of sp³-hybridized carbons (Fsp3) is 0.111. The van der Waals surface area contributed by atoms with Crippen LogP contribution in [0, 0.1) is 0 Å². The maximum Gasteiger partial charge on any atom is 0.416 e. The maximum absolute atomic E-state index is 13.7. The molecule has 4 aromatic rings. The van der Waals surface area contributed by atoms with Crippen molar-refractivity contribution in [3.05, 3.63) is 117 Å². The molecule has 0 aliphatic rings. The van der Waals surface area contributed by atoms with E-state index in [1.54, 1.807) is 30.3 Å². The molecule has 0 heterocycles. The highest BCUT2D eigenvalue weighted by Crippen LogP contribution is 2.37. The predicted octanol–water partition coefficient (Wildman–Crippen LogP) is 8.43. The van der Waals surface area contributed by atoms with Crippen molar-refractivity contribution < 1.29 is 26.7 Å². The van der Waals surface area contributed by atoms with Crippen LogP contribution in [-0.2, 0) is 29.3 Å². The molecule has 0 spiro atoms. The fourth-order valence-electron chi connectivity index (χ4n) is 3.80. The molecule has 0 aliphatic heterocycles. The first kappa shape index (κ1) is 28.3. The average Bonchev–Trinajstić information content (AvgIpc) is 2.86. The van der Waals surface area contributed by atoms with Crippen molar-refractivity contribution in [2.45, 2.75) is 24.2 Å². The molecule has 4 rings (SSSR count). The molecule has 0 aliphatic carbocycles. The summed E-state index contributed by atoms with van der Waals surface area (Å²) in [6.07, 6.45) is -4.53. The number of hydrogen-bond donors (Lipinski definition) is 1. The molecule has 4 aromatic carbocycles. The van der Waals surface area contributed by atoms with E-state index in [2.05, 4.69) is 0 Å². The molecule has 4 nitrogen and oxygen atoms in total. The molecule has 11 heteroatoms. The Morgan fingerprint density at radius 2 is 1.37 bits per heavy atom. The molecular formula is C27H19Cl3F3NO3S. The minimum absolute atomic E-state index is 0.00871. The lowest BCUT2D eigenvalue weighted by Crippen LogP contribution is -2.30. The van der Waals surface area contributed by atoms with Gasteiger partial charge in [-0.3, -0.25) is 0 Å². The highest BCUT2D eigenvalue weighted by Gasteiger charge is 2.32.